The molecule has 0 spiro atoms. The van der Waals surface area contributed by atoms with Crippen LogP contribution in [0.3, 0.4) is 0 Å². The summed E-state index contributed by atoms with van der Waals surface area (Å²) >= 11 is 0. The van der Waals surface area contributed by atoms with Gasteiger partial charge in [0.05, 0.1) is 5.56 Å². The topological polar surface area (TPSA) is 80.9 Å². The van der Waals surface area contributed by atoms with E-state index >= 15 is 0 Å². The van der Waals surface area contributed by atoms with Crippen LogP contribution in [0.2, 0.25) is 0 Å². The Bertz CT molecular complexity index is 222. The molecule has 0 radical (unpaired) electrons. The third kappa shape index (κ3) is 1.26. The maximum atomic E-state index is 10.7. The first kappa shape index (κ1) is 6.63. The fourth-order valence-electron chi connectivity index (χ4n) is 0.500. The molecule has 52 valence electrons. The molecular formula is C5H6N4O. The van der Waals surface area contributed by atoms with Gasteiger partial charge in [0.1, 0.15) is 6.33 Å². The number of nitrogen functional groups attached to an aromatic ring is 1. The standard InChI is InChI=1S/C5H6N4O/c6-9-5(10)4-1-7-3-8-2-4/h1-3H,6H2,(H,9,10). The molecular weight excluding hydrogens is 132 g/mol. The lowest BCUT2D eigenvalue weighted by molar-refractivity contribution is 0.0953. The van der Waals surface area contributed by atoms with E-state index in [4.69, 9.17) is 5.84 Å². The van der Waals surface area contributed by atoms with E-state index in [1.807, 2.05) is 5.43 Å². The van der Waals surface area contributed by atoms with Gasteiger partial charge in [-0.25, -0.2) is 15.8 Å². The summed E-state index contributed by atoms with van der Waals surface area (Å²) < 4.78 is 0. The minimum absolute atomic E-state index is 0.352. The van der Waals surface area contributed by atoms with E-state index in [9.17, 15) is 4.79 Å². The Hall–Kier alpha value is -1.49. The second kappa shape index (κ2) is 2.88. The van der Waals surface area contributed by atoms with Gasteiger partial charge in [-0.2, -0.15) is 0 Å². The van der Waals surface area contributed by atoms with Crippen molar-refractivity contribution in [3.05, 3.63) is 24.3 Å². The van der Waals surface area contributed by atoms with Crippen LogP contribution in [0.5, 0.6) is 0 Å². The third-order valence-electron chi connectivity index (χ3n) is 0.954. The van der Waals surface area contributed by atoms with Gasteiger partial charge in [-0.15, -0.1) is 0 Å². The summed E-state index contributed by atoms with van der Waals surface area (Å²) in [5.74, 6) is 4.46. The molecule has 5 heteroatoms. The number of nitrogens with one attached hydrogen (secondary N) is 1. The molecule has 3 N–H and O–H groups in total. The first-order chi connectivity index (χ1) is 4.84. The van der Waals surface area contributed by atoms with Crippen LogP contribution in [0.1, 0.15) is 10.4 Å². The number of hydrogen-bond acceptors (Lipinski definition) is 4. The normalized spacial score (nSPS) is 8.90. The summed E-state index contributed by atoms with van der Waals surface area (Å²) in [5, 5.41) is 0. The van der Waals surface area contributed by atoms with Crippen molar-refractivity contribution in [2.75, 3.05) is 0 Å². The van der Waals surface area contributed by atoms with Gasteiger partial charge in [-0.1, -0.05) is 0 Å². The molecule has 1 aromatic heterocycles. The summed E-state index contributed by atoms with van der Waals surface area (Å²) in [6.07, 6.45) is 4.11. The van der Waals surface area contributed by atoms with Crippen molar-refractivity contribution in [1.29, 1.82) is 0 Å². The molecule has 5 nitrogen and oxygen atoms in total. The third-order valence-corrected chi connectivity index (χ3v) is 0.954. The molecule has 1 rings (SSSR count). The zero-order chi connectivity index (χ0) is 7.40. The predicted molar refractivity (Wildman–Crippen MR) is 33.7 cm³/mol. The lowest BCUT2D eigenvalue weighted by atomic mass is 10.3. The highest BCUT2D eigenvalue weighted by molar-refractivity contribution is 5.92. The Morgan fingerprint density at radius 3 is 2.60 bits per heavy atom. The van der Waals surface area contributed by atoms with E-state index in [0.717, 1.165) is 0 Å². The first-order valence-corrected chi connectivity index (χ1v) is 2.60. The Kier molecular flexibility index (Phi) is 1.91. The molecule has 0 fully saturated rings. The average Bonchev–Trinajstić information content (AvgIpc) is 2.05. The van der Waals surface area contributed by atoms with Crippen LogP contribution in [0.25, 0.3) is 0 Å². The maximum Gasteiger partial charge on any atom is 0.268 e. The van der Waals surface area contributed by atoms with E-state index in [2.05, 4.69) is 9.97 Å². The highest BCUT2D eigenvalue weighted by Gasteiger charge is 2.00. The van der Waals surface area contributed by atoms with Gasteiger partial charge in [0.15, 0.2) is 0 Å². The van der Waals surface area contributed by atoms with E-state index in [0.29, 0.717) is 5.56 Å². The molecule has 0 aliphatic carbocycles. The second-order valence-electron chi connectivity index (χ2n) is 1.60. The Labute approximate surface area is 57.3 Å². The van der Waals surface area contributed by atoms with E-state index in [1.165, 1.54) is 18.7 Å². The van der Waals surface area contributed by atoms with Crippen molar-refractivity contribution in [3.8, 4) is 0 Å². The Morgan fingerprint density at radius 1 is 1.50 bits per heavy atom. The molecule has 0 unspecified atom stereocenters. The summed E-state index contributed by atoms with van der Waals surface area (Å²) in [6.45, 7) is 0. The zero-order valence-corrected chi connectivity index (χ0v) is 5.11. The predicted octanol–water partition coefficient (Wildman–Crippen LogP) is -0.920. The Balaban J connectivity index is 2.85. The lowest BCUT2D eigenvalue weighted by Gasteiger charge is -1.94. The lowest BCUT2D eigenvalue weighted by Crippen LogP contribution is -2.30. The van der Waals surface area contributed by atoms with Crippen molar-refractivity contribution in [1.82, 2.24) is 15.4 Å². The number of carbonyl (C=O) groups excluding carboxylic acids is 1. The number of nitrogens with zero attached hydrogens (tertiary/aromatic N) is 2. The summed E-state index contributed by atoms with van der Waals surface area (Å²) in [5.41, 5.74) is 2.31. The van der Waals surface area contributed by atoms with Gasteiger partial charge in [-0.05, 0) is 0 Å². The van der Waals surface area contributed by atoms with E-state index in [-0.39, 0.29) is 5.91 Å². The highest BCUT2D eigenvalue weighted by atomic mass is 16.2. The number of amides is 1. The summed E-state index contributed by atoms with van der Waals surface area (Å²) in [6, 6.07) is 0. The molecule has 0 aliphatic heterocycles. The van der Waals surface area contributed by atoms with Gasteiger partial charge in [-0.3, -0.25) is 10.2 Å². The number of aromatic nitrogens is 2. The largest absolute Gasteiger partial charge is 0.290 e. The maximum absolute atomic E-state index is 10.7. The first-order valence-electron chi connectivity index (χ1n) is 2.60. The molecule has 0 saturated heterocycles. The second-order valence-corrected chi connectivity index (χ2v) is 1.60. The molecule has 1 aromatic rings. The van der Waals surface area contributed by atoms with Crippen LogP contribution in [-0.4, -0.2) is 15.9 Å². The van der Waals surface area contributed by atoms with Gasteiger partial charge < -0.3 is 0 Å². The molecule has 10 heavy (non-hydrogen) atoms. The van der Waals surface area contributed by atoms with Gasteiger partial charge >= 0.3 is 0 Å². The fraction of sp³-hybridized carbons (Fsp3) is 0. The smallest absolute Gasteiger partial charge is 0.268 e. The zero-order valence-electron chi connectivity index (χ0n) is 5.11. The molecule has 0 aliphatic rings. The van der Waals surface area contributed by atoms with Gasteiger partial charge in [0, 0.05) is 12.4 Å². The molecule has 0 atom stereocenters. The van der Waals surface area contributed by atoms with Crippen LogP contribution >= 0.6 is 0 Å². The van der Waals surface area contributed by atoms with Gasteiger partial charge in [0.2, 0.25) is 0 Å². The van der Waals surface area contributed by atoms with Crippen LogP contribution in [0, 0.1) is 0 Å². The van der Waals surface area contributed by atoms with E-state index < -0.39 is 0 Å². The SMILES string of the molecule is NNC(=O)c1cncnc1. The van der Waals surface area contributed by atoms with Gasteiger partial charge in [0.25, 0.3) is 5.91 Å². The van der Waals surface area contributed by atoms with Crippen molar-refractivity contribution in [2.45, 2.75) is 0 Å². The van der Waals surface area contributed by atoms with Crippen molar-refractivity contribution < 1.29 is 4.79 Å². The quantitative estimate of drug-likeness (QED) is 0.299. The van der Waals surface area contributed by atoms with Crippen molar-refractivity contribution in [3.63, 3.8) is 0 Å². The summed E-state index contributed by atoms with van der Waals surface area (Å²) in [4.78, 5) is 17.9. The highest BCUT2D eigenvalue weighted by Crippen LogP contribution is 1.89. The minimum Gasteiger partial charge on any atom is -0.290 e. The molecule has 0 aromatic carbocycles. The fourth-order valence-corrected chi connectivity index (χ4v) is 0.500. The number of rotatable bonds is 1. The molecule has 0 saturated carbocycles. The monoisotopic (exact) mass is 138 g/mol. The molecule has 1 amide bonds. The van der Waals surface area contributed by atoms with Crippen LogP contribution in [-0.2, 0) is 0 Å². The number of hydrazine groups is 1. The average molecular weight is 138 g/mol. The van der Waals surface area contributed by atoms with Crippen molar-refractivity contribution in [2.24, 2.45) is 5.84 Å². The molecule has 0 bridgehead atoms. The summed E-state index contributed by atoms with van der Waals surface area (Å²) in [7, 11) is 0. The van der Waals surface area contributed by atoms with Crippen molar-refractivity contribution >= 4 is 5.91 Å². The van der Waals surface area contributed by atoms with Crippen LogP contribution in [0.4, 0.5) is 0 Å². The number of hydrogen-bond donors (Lipinski definition) is 2. The van der Waals surface area contributed by atoms with E-state index in [1.54, 1.807) is 0 Å². The minimum atomic E-state index is -0.388. The number of carbonyl (C=O) groups is 1. The Morgan fingerprint density at radius 2 is 2.10 bits per heavy atom. The molecule has 1 heterocycles. The van der Waals surface area contributed by atoms with Crippen LogP contribution in [0.15, 0.2) is 18.7 Å². The van der Waals surface area contributed by atoms with Crippen LogP contribution < -0.4 is 11.3 Å². The number of nitrogens with two attached hydrogens (primary N) is 1.